The molecule has 2 aromatic rings. The average molecular weight is 309 g/mol. The van der Waals surface area contributed by atoms with Crippen molar-refractivity contribution in [1.82, 2.24) is 9.88 Å². The topological polar surface area (TPSA) is 66.5 Å². The summed E-state index contributed by atoms with van der Waals surface area (Å²) in [6, 6.07) is 16.3. The van der Waals surface area contributed by atoms with Gasteiger partial charge in [-0.2, -0.15) is 0 Å². The molecule has 0 saturated carbocycles. The summed E-state index contributed by atoms with van der Waals surface area (Å²) in [7, 11) is 0. The lowest BCUT2D eigenvalue weighted by molar-refractivity contribution is 0.318. The number of nitrogens with two attached hydrogens (primary N) is 1. The number of nitrogens with one attached hydrogen (secondary N) is 1. The van der Waals surface area contributed by atoms with E-state index in [9.17, 15) is 0 Å². The Balaban J connectivity index is 1.45. The third-order valence-corrected chi connectivity index (χ3v) is 4.06. The van der Waals surface area contributed by atoms with Crippen LogP contribution in [-0.2, 0) is 6.54 Å². The average Bonchev–Trinajstić information content (AvgIpc) is 3.02. The van der Waals surface area contributed by atoms with Crippen LogP contribution in [0.5, 0.6) is 0 Å². The molecular weight excluding hydrogens is 286 g/mol. The molecule has 1 saturated heterocycles. The first-order chi connectivity index (χ1) is 11.3. The normalized spacial score (nSPS) is 19.0. The summed E-state index contributed by atoms with van der Waals surface area (Å²) in [5, 5.41) is 3.02. The number of pyridine rings is 1. The predicted octanol–water partition coefficient (Wildman–Crippen LogP) is 2.33. The van der Waals surface area contributed by atoms with Crippen LogP contribution in [0.4, 0.5) is 5.82 Å². The number of nitrogens with zero attached hydrogens (tertiary/aromatic N) is 3. The number of likely N-dealkylation sites (tertiary alicyclic amines) is 1. The lowest BCUT2D eigenvalue weighted by atomic mass is 10.1. The van der Waals surface area contributed by atoms with Crippen molar-refractivity contribution in [2.24, 2.45) is 16.6 Å². The molecule has 1 aliphatic heterocycles. The fourth-order valence-electron chi connectivity index (χ4n) is 2.88. The first-order valence-corrected chi connectivity index (χ1v) is 8.04. The van der Waals surface area contributed by atoms with E-state index in [2.05, 4.69) is 50.5 Å². The number of benzene rings is 1. The lowest BCUT2D eigenvalue weighted by Gasteiger charge is -2.15. The Hall–Kier alpha value is -2.40. The Morgan fingerprint density at radius 1 is 1.22 bits per heavy atom. The second kappa shape index (κ2) is 7.74. The second-order valence-corrected chi connectivity index (χ2v) is 5.94. The molecule has 1 unspecified atom stereocenters. The van der Waals surface area contributed by atoms with Crippen LogP contribution >= 0.6 is 0 Å². The summed E-state index contributed by atoms with van der Waals surface area (Å²) in [5.41, 5.74) is 7.30. The van der Waals surface area contributed by atoms with E-state index in [1.54, 1.807) is 6.20 Å². The largest absolute Gasteiger partial charge is 0.370 e. The third-order valence-electron chi connectivity index (χ3n) is 4.06. The first-order valence-electron chi connectivity index (χ1n) is 8.04. The van der Waals surface area contributed by atoms with Gasteiger partial charge in [0.25, 0.3) is 0 Å². The van der Waals surface area contributed by atoms with Crippen LogP contribution in [0.1, 0.15) is 12.0 Å². The van der Waals surface area contributed by atoms with E-state index in [0.717, 1.165) is 32.0 Å². The quantitative estimate of drug-likeness (QED) is 0.657. The lowest BCUT2D eigenvalue weighted by Crippen LogP contribution is -2.25. The van der Waals surface area contributed by atoms with E-state index in [4.69, 9.17) is 5.73 Å². The predicted molar refractivity (Wildman–Crippen MR) is 94.2 cm³/mol. The van der Waals surface area contributed by atoms with Gasteiger partial charge >= 0.3 is 0 Å². The number of hydrogen-bond acceptors (Lipinski definition) is 3. The molecule has 5 heteroatoms. The van der Waals surface area contributed by atoms with Crippen molar-refractivity contribution in [3.63, 3.8) is 0 Å². The standard InChI is InChI=1S/C18H23N5/c19-18(22-17-8-4-5-10-20-17)21-12-16-9-11-23(14-16)13-15-6-2-1-3-7-15/h1-8,10,16H,9,11-14H2,(H3,19,20,21,22). The molecule has 120 valence electrons. The fourth-order valence-corrected chi connectivity index (χ4v) is 2.88. The molecule has 3 rings (SSSR count). The van der Waals surface area contributed by atoms with E-state index in [0.29, 0.717) is 11.9 Å². The maximum Gasteiger partial charge on any atom is 0.194 e. The SMILES string of the molecule is NC(=NCC1CCN(Cc2ccccc2)C1)Nc1ccccn1. The minimum absolute atomic E-state index is 0.435. The van der Waals surface area contributed by atoms with Gasteiger partial charge in [-0.3, -0.25) is 9.89 Å². The maximum absolute atomic E-state index is 5.93. The van der Waals surface area contributed by atoms with Gasteiger partial charge in [-0.05, 0) is 36.6 Å². The van der Waals surface area contributed by atoms with Crippen LogP contribution in [-0.4, -0.2) is 35.5 Å². The molecule has 2 heterocycles. The highest BCUT2D eigenvalue weighted by molar-refractivity contribution is 5.91. The minimum Gasteiger partial charge on any atom is -0.370 e. The Bertz CT molecular complexity index is 626. The molecule has 1 aromatic carbocycles. The van der Waals surface area contributed by atoms with E-state index < -0.39 is 0 Å². The van der Waals surface area contributed by atoms with Crippen molar-refractivity contribution in [1.29, 1.82) is 0 Å². The third kappa shape index (κ3) is 4.79. The number of hydrogen-bond donors (Lipinski definition) is 2. The highest BCUT2D eigenvalue weighted by Gasteiger charge is 2.22. The molecule has 1 atom stereocenters. The van der Waals surface area contributed by atoms with E-state index in [1.165, 1.54) is 12.0 Å². The summed E-state index contributed by atoms with van der Waals surface area (Å²) in [6.07, 6.45) is 2.90. The van der Waals surface area contributed by atoms with Crippen LogP contribution in [0.15, 0.2) is 59.7 Å². The van der Waals surface area contributed by atoms with Gasteiger partial charge in [0, 0.05) is 25.8 Å². The Labute approximate surface area is 137 Å². The van der Waals surface area contributed by atoms with Gasteiger partial charge in [-0.1, -0.05) is 36.4 Å². The zero-order valence-electron chi connectivity index (χ0n) is 13.2. The molecule has 0 bridgehead atoms. The molecular formula is C18H23N5. The van der Waals surface area contributed by atoms with Gasteiger partial charge in [0.2, 0.25) is 0 Å². The molecule has 1 aromatic heterocycles. The van der Waals surface area contributed by atoms with Gasteiger partial charge in [-0.15, -0.1) is 0 Å². The van der Waals surface area contributed by atoms with Crippen LogP contribution < -0.4 is 11.1 Å². The molecule has 0 radical (unpaired) electrons. The summed E-state index contributed by atoms with van der Waals surface area (Å²) >= 11 is 0. The number of guanidine groups is 1. The van der Waals surface area contributed by atoms with E-state index >= 15 is 0 Å². The molecule has 23 heavy (non-hydrogen) atoms. The summed E-state index contributed by atoms with van der Waals surface area (Å²) in [5.74, 6) is 1.74. The summed E-state index contributed by atoms with van der Waals surface area (Å²) in [6.45, 7) is 3.98. The smallest absolute Gasteiger partial charge is 0.194 e. The van der Waals surface area contributed by atoms with Crippen LogP contribution in [0, 0.1) is 5.92 Å². The number of anilines is 1. The van der Waals surface area contributed by atoms with Gasteiger partial charge < -0.3 is 11.1 Å². The second-order valence-electron chi connectivity index (χ2n) is 5.94. The minimum atomic E-state index is 0.435. The van der Waals surface area contributed by atoms with Crippen molar-refractivity contribution in [2.45, 2.75) is 13.0 Å². The molecule has 0 spiro atoms. The van der Waals surface area contributed by atoms with Crippen LogP contribution in [0.3, 0.4) is 0 Å². The van der Waals surface area contributed by atoms with Crippen LogP contribution in [0.25, 0.3) is 0 Å². The molecule has 3 N–H and O–H groups in total. The van der Waals surface area contributed by atoms with Crippen molar-refractivity contribution in [2.75, 3.05) is 25.0 Å². The zero-order chi connectivity index (χ0) is 15.9. The Kier molecular flexibility index (Phi) is 5.21. The van der Waals surface area contributed by atoms with Gasteiger partial charge in [0.1, 0.15) is 5.82 Å². The summed E-state index contributed by atoms with van der Waals surface area (Å²) < 4.78 is 0. The van der Waals surface area contributed by atoms with Gasteiger partial charge in [0.15, 0.2) is 5.96 Å². The maximum atomic E-state index is 5.93. The van der Waals surface area contributed by atoms with Crippen molar-refractivity contribution in [3.05, 3.63) is 60.3 Å². The Morgan fingerprint density at radius 3 is 2.83 bits per heavy atom. The number of aliphatic imine (C=N–C) groups is 1. The van der Waals surface area contributed by atoms with Crippen molar-refractivity contribution >= 4 is 11.8 Å². The van der Waals surface area contributed by atoms with Crippen LogP contribution in [0.2, 0.25) is 0 Å². The number of aromatic nitrogens is 1. The monoisotopic (exact) mass is 309 g/mol. The van der Waals surface area contributed by atoms with Crippen molar-refractivity contribution in [3.8, 4) is 0 Å². The van der Waals surface area contributed by atoms with Crippen molar-refractivity contribution < 1.29 is 0 Å². The Morgan fingerprint density at radius 2 is 2.04 bits per heavy atom. The number of rotatable bonds is 5. The molecule has 0 aliphatic carbocycles. The molecule has 5 nitrogen and oxygen atoms in total. The molecule has 1 fully saturated rings. The van der Waals surface area contributed by atoms with Gasteiger partial charge in [-0.25, -0.2) is 4.98 Å². The van der Waals surface area contributed by atoms with E-state index in [-0.39, 0.29) is 0 Å². The summed E-state index contributed by atoms with van der Waals surface area (Å²) in [4.78, 5) is 11.1. The highest BCUT2D eigenvalue weighted by Crippen LogP contribution is 2.18. The fraction of sp³-hybridized carbons (Fsp3) is 0.333. The van der Waals surface area contributed by atoms with E-state index in [1.807, 2.05) is 18.2 Å². The molecule has 1 aliphatic rings. The highest BCUT2D eigenvalue weighted by atomic mass is 15.2. The first kappa shape index (κ1) is 15.5. The molecule has 0 amide bonds. The van der Waals surface area contributed by atoms with Gasteiger partial charge in [0.05, 0.1) is 0 Å². The zero-order valence-corrected chi connectivity index (χ0v) is 13.2.